The third-order valence-corrected chi connectivity index (χ3v) is 5.41. The van der Waals surface area contributed by atoms with Gasteiger partial charge in [-0.15, -0.1) is 24.0 Å². The Morgan fingerprint density at radius 3 is 2.44 bits per heavy atom. The molecule has 3 N–H and O–H groups in total. The number of aliphatic hydroxyl groups is 1. The van der Waals surface area contributed by atoms with Crippen molar-refractivity contribution in [1.29, 1.82) is 0 Å². The Morgan fingerprint density at radius 2 is 1.81 bits per heavy atom. The summed E-state index contributed by atoms with van der Waals surface area (Å²) in [5.41, 5.74) is 1.36. The van der Waals surface area contributed by atoms with Gasteiger partial charge in [0.15, 0.2) is 5.96 Å². The molecular formula is C24H37IN4O3. The number of benzene rings is 1. The van der Waals surface area contributed by atoms with Crippen molar-refractivity contribution >= 4 is 29.9 Å². The molecule has 0 bridgehead atoms. The van der Waals surface area contributed by atoms with Crippen LogP contribution in [0.3, 0.4) is 0 Å². The van der Waals surface area contributed by atoms with E-state index < -0.39 is 5.60 Å². The molecule has 8 heteroatoms. The minimum atomic E-state index is -1.12. The summed E-state index contributed by atoms with van der Waals surface area (Å²) in [4.78, 5) is 7.21. The molecule has 1 saturated heterocycles. The minimum Gasteiger partial charge on any atom is -0.466 e. The summed E-state index contributed by atoms with van der Waals surface area (Å²) in [6, 6.07) is 12.0. The van der Waals surface area contributed by atoms with E-state index in [2.05, 4.69) is 53.6 Å². The van der Waals surface area contributed by atoms with Gasteiger partial charge in [-0.2, -0.15) is 0 Å². The van der Waals surface area contributed by atoms with E-state index in [4.69, 9.17) is 14.1 Å². The van der Waals surface area contributed by atoms with Crippen molar-refractivity contribution in [3.8, 4) is 0 Å². The van der Waals surface area contributed by atoms with Gasteiger partial charge in [0.25, 0.3) is 0 Å². The number of rotatable bonds is 8. The van der Waals surface area contributed by atoms with Gasteiger partial charge in [-0.05, 0) is 51.0 Å². The van der Waals surface area contributed by atoms with Crippen LogP contribution in [-0.4, -0.2) is 54.4 Å². The van der Waals surface area contributed by atoms with Crippen LogP contribution in [0.25, 0.3) is 0 Å². The van der Waals surface area contributed by atoms with E-state index in [0.717, 1.165) is 26.2 Å². The molecule has 2 aromatic rings. The van der Waals surface area contributed by atoms with Crippen molar-refractivity contribution in [2.24, 2.45) is 4.99 Å². The molecule has 1 aliphatic heterocycles. The van der Waals surface area contributed by atoms with Gasteiger partial charge >= 0.3 is 0 Å². The first kappa shape index (κ1) is 26.6. The second-order valence-electron chi connectivity index (χ2n) is 8.52. The number of morpholine rings is 1. The second-order valence-corrected chi connectivity index (χ2v) is 8.52. The molecular weight excluding hydrogens is 519 g/mol. The largest absolute Gasteiger partial charge is 0.466 e. The number of furan rings is 1. The van der Waals surface area contributed by atoms with Gasteiger partial charge in [-0.1, -0.05) is 24.3 Å². The Morgan fingerprint density at radius 1 is 1.12 bits per heavy atom. The van der Waals surface area contributed by atoms with Crippen molar-refractivity contribution in [1.82, 2.24) is 15.5 Å². The highest BCUT2D eigenvalue weighted by molar-refractivity contribution is 14.0. The van der Waals surface area contributed by atoms with Crippen molar-refractivity contribution < 1.29 is 14.3 Å². The SMILES string of the molecule is CCNC(=NCc1ccccc1CN1CC(C)OC(C)C1)NCC(C)(O)c1ccco1.I. The highest BCUT2D eigenvalue weighted by atomic mass is 127. The molecule has 1 aromatic heterocycles. The molecule has 178 valence electrons. The summed E-state index contributed by atoms with van der Waals surface area (Å²) >= 11 is 0. The lowest BCUT2D eigenvalue weighted by atomic mass is 10.0. The van der Waals surface area contributed by atoms with Crippen LogP contribution in [0.4, 0.5) is 0 Å². The number of nitrogens with one attached hydrogen (secondary N) is 2. The molecule has 1 aliphatic rings. The number of hydrogen-bond acceptors (Lipinski definition) is 5. The standard InChI is InChI=1S/C24H36N4O3.HI/c1-5-25-23(27-17-24(4,29)22-11-8-12-30-22)26-13-20-9-6-7-10-21(20)16-28-14-18(2)31-19(3)15-28;/h6-12,18-19,29H,5,13-17H2,1-4H3,(H2,25,26,27);1H. The lowest BCUT2D eigenvalue weighted by Gasteiger charge is -2.35. The Labute approximate surface area is 208 Å². The molecule has 0 spiro atoms. The zero-order valence-electron chi connectivity index (χ0n) is 19.5. The molecule has 3 atom stereocenters. The van der Waals surface area contributed by atoms with E-state index in [-0.39, 0.29) is 42.7 Å². The Balaban J connectivity index is 0.00000363. The molecule has 1 fully saturated rings. The zero-order chi connectivity index (χ0) is 22.3. The molecule has 3 unspecified atom stereocenters. The average molecular weight is 556 g/mol. The monoisotopic (exact) mass is 556 g/mol. The van der Waals surface area contributed by atoms with Crippen LogP contribution in [-0.2, 0) is 23.4 Å². The van der Waals surface area contributed by atoms with Crippen molar-refractivity contribution in [3.63, 3.8) is 0 Å². The third-order valence-electron chi connectivity index (χ3n) is 5.41. The summed E-state index contributed by atoms with van der Waals surface area (Å²) < 4.78 is 11.2. The topological polar surface area (TPSA) is 82.3 Å². The minimum absolute atomic E-state index is 0. The quantitative estimate of drug-likeness (QED) is 0.263. The lowest BCUT2D eigenvalue weighted by Crippen LogP contribution is -2.45. The molecule has 0 aliphatic carbocycles. The summed E-state index contributed by atoms with van der Waals surface area (Å²) in [6.45, 7) is 12.4. The smallest absolute Gasteiger partial charge is 0.191 e. The van der Waals surface area contributed by atoms with E-state index in [0.29, 0.717) is 18.3 Å². The maximum Gasteiger partial charge on any atom is 0.191 e. The number of nitrogens with zero attached hydrogens (tertiary/aromatic N) is 2. The number of halogens is 1. The van der Waals surface area contributed by atoms with Crippen molar-refractivity contribution in [2.75, 3.05) is 26.2 Å². The summed E-state index contributed by atoms with van der Waals surface area (Å²) in [7, 11) is 0. The van der Waals surface area contributed by atoms with Crippen molar-refractivity contribution in [2.45, 2.75) is 58.6 Å². The van der Waals surface area contributed by atoms with E-state index in [1.807, 2.05) is 6.92 Å². The normalized spacial score (nSPS) is 21.5. The maximum absolute atomic E-state index is 10.7. The first-order valence-corrected chi connectivity index (χ1v) is 11.1. The van der Waals surface area contributed by atoms with Gasteiger partial charge < -0.3 is 24.9 Å². The second kappa shape index (κ2) is 12.6. The van der Waals surface area contributed by atoms with Gasteiger partial charge in [0.1, 0.15) is 11.4 Å². The van der Waals surface area contributed by atoms with Gasteiger partial charge in [0, 0.05) is 26.2 Å². The molecule has 1 aromatic carbocycles. The highest BCUT2D eigenvalue weighted by Crippen LogP contribution is 2.20. The molecule has 3 rings (SSSR count). The first-order chi connectivity index (χ1) is 14.9. The predicted molar refractivity (Wildman–Crippen MR) is 138 cm³/mol. The van der Waals surface area contributed by atoms with E-state index >= 15 is 0 Å². The van der Waals surface area contributed by atoms with Gasteiger partial charge in [0.05, 0.1) is 31.6 Å². The van der Waals surface area contributed by atoms with Crippen LogP contribution < -0.4 is 10.6 Å². The van der Waals surface area contributed by atoms with Gasteiger partial charge in [-0.25, -0.2) is 4.99 Å². The lowest BCUT2D eigenvalue weighted by molar-refractivity contribution is -0.0705. The molecule has 0 amide bonds. The summed E-state index contributed by atoms with van der Waals surface area (Å²) in [5.74, 6) is 1.19. The summed E-state index contributed by atoms with van der Waals surface area (Å²) in [5, 5.41) is 17.2. The summed E-state index contributed by atoms with van der Waals surface area (Å²) in [6.07, 6.45) is 2.07. The maximum atomic E-state index is 10.7. The third kappa shape index (κ3) is 7.75. The van der Waals surface area contributed by atoms with E-state index in [9.17, 15) is 5.11 Å². The Kier molecular flexibility index (Phi) is 10.5. The van der Waals surface area contributed by atoms with E-state index in [1.165, 1.54) is 11.1 Å². The predicted octanol–water partition coefficient (Wildman–Crippen LogP) is 3.47. The van der Waals surface area contributed by atoms with E-state index in [1.54, 1.807) is 25.3 Å². The van der Waals surface area contributed by atoms with Gasteiger partial charge in [-0.3, -0.25) is 4.90 Å². The number of ether oxygens (including phenoxy) is 1. The van der Waals surface area contributed by atoms with Crippen LogP contribution >= 0.6 is 24.0 Å². The Bertz CT molecular complexity index is 832. The van der Waals surface area contributed by atoms with Crippen LogP contribution in [0.15, 0.2) is 52.1 Å². The van der Waals surface area contributed by atoms with Crippen LogP contribution in [0.2, 0.25) is 0 Å². The fourth-order valence-electron chi connectivity index (χ4n) is 3.95. The molecule has 2 heterocycles. The molecule has 0 radical (unpaired) electrons. The van der Waals surface area contributed by atoms with Crippen LogP contribution in [0, 0.1) is 0 Å². The van der Waals surface area contributed by atoms with Crippen LogP contribution in [0.1, 0.15) is 44.6 Å². The molecule has 32 heavy (non-hydrogen) atoms. The number of hydrogen-bond donors (Lipinski definition) is 3. The molecule has 7 nitrogen and oxygen atoms in total. The fraction of sp³-hybridized carbons (Fsp3) is 0.542. The first-order valence-electron chi connectivity index (χ1n) is 11.1. The van der Waals surface area contributed by atoms with Crippen molar-refractivity contribution in [3.05, 3.63) is 59.5 Å². The van der Waals surface area contributed by atoms with Gasteiger partial charge in [0.2, 0.25) is 0 Å². The average Bonchev–Trinajstić information content (AvgIpc) is 3.26. The zero-order valence-corrected chi connectivity index (χ0v) is 21.8. The number of guanidine groups is 1. The fourth-order valence-corrected chi connectivity index (χ4v) is 3.95. The number of aliphatic imine (C=N–C) groups is 1. The highest BCUT2D eigenvalue weighted by Gasteiger charge is 2.26. The Hall–Kier alpha value is -1.62. The van der Waals surface area contributed by atoms with Crippen LogP contribution in [0.5, 0.6) is 0 Å². The molecule has 0 saturated carbocycles.